The predicted octanol–water partition coefficient (Wildman–Crippen LogP) is 5.94. The molecule has 36 heavy (non-hydrogen) atoms. The first-order valence-corrected chi connectivity index (χ1v) is 13.4. The molecule has 0 fully saturated rings. The van der Waals surface area contributed by atoms with Crippen LogP contribution in [0.5, 0.6) is 11.5 Å². The van der Waals surface area contributed by atoms with Crippen LogP contribution >= 0.6 is 0 Å². The summed E-state index contributed by atoms with van der Waals surface area (Å²) in [5.74, 6) is 2.64. The quantitative estimate of drug-likeness (QED) is 0.246. The molecule has 1 aromatic heterocycles. The monoisotopic (exact) mass is 503 g/mol. The van der Waals surface area contributed by atoms with E-state index in [2.05, 4.69) is 15.6 Å². The molecular formula is C27H29N5O3S. The molecule has 3 aromatic carbocycles. The summed E-state index contributed by atoms with van der Waals surface area (Å²) in [6.45, 7) is 3.11. The SMILES string of the molecule is CCOc1ccc(-c2cnc(Nc3cccc(S(C)(=N)=O)c3)nc2NCc2ccc(OC)cc2)cc1. The fourth-order valence-electron chi connectivity index (χ4n) is 3.56. The second-order valence-electron chi connectivity index (χ2n) is 8.11. The first-order valence-electron chi connectivity index (χ1n) is 11.4. The van der Waals surface area contributed by atoms with Crippen LogP contribution in [0.4, 0.5) is 17.5 Å². The van der Waals surface area contributed by atoms with Gasteiger partial charge in [0.1, 0.15) is 17.3 Å². The molecule has 8 nitrogen and oxygen atoms in total. The largest absolute Gasteiger partial charge is 0.497 e. The highest BCUT2D eigenvalue weighted by Crippen LogP contribution is 2.30. The van der Waals surface area contributed by atoms with Gasteiger partial charge in [0, 0.05) is 35.1 Å². The van der Waals surface area contributed by atoms with Gasteiger partial charge in [-0.05, 0) is 60.5 Å². The van der Waals surface area contributed by atoms with Gasteiger partial charge in [0.2, 0.25) is 5.95 Å². The minimum Gasteiger partial charge on any atom is -0.497 e. The molecule has 9 heteroatoms. The molecule has 1 heterocycles. The van der Waals surface area contributed by atoms with Crippen LogP contribution < -0.4 is 20.1 Å². The van der Waals surface area contributed by atoms with E-state index >= 15 is 0 Å². The molecule has 3 N–H and O–H groups in total. The summed E-state index contributed by atoms with van der Waals surface area (Å²) in [5, 5.41) is 6.59. The van der Waals surface area contributed by atoms with E-state index in [9.17, 15) is 4.21 Å². The Kier molecular flexibility index (Phi) is 7.70. The van der Waals surface area contributed by atoms with Gasteiger partial charge < -0.3 is 20.1 Å². The number of hydrogen-bond donors (Lipinski definition) is 3. The second kappa shape index (κ2) is 11.1. The average molecular weight is 504 g/mol. The Morgan fingerprint density at radius 1 is 1.00 bits per heavy atom. The van der Waals surface area contributed by atoms with Gasteiger partial charge >= 0.3 is 0 Å². The van der Waals surface area contributed by atoms with E-state index in [0.717, 1.165) is 28.2 Å². The Hall–Kier alpha value is -4.11. The van der Waals surface area contributed by atoms with E-state index in [1.165, 1.54) is 6.26 Å². The third kappa shape index (κ3) is 6.31. The fourth-order valence-corrected chi connectivity index (χ4v) is 4.25. The lowest BCUT2D eigenvalue weighted by Crippen LogP contribution is -2.07. The number of anilines is 3. The van der Waals surface area contributed by atoms with Crippen molar-refractivity contribution in [3.05, 3.63) is 84.6 Å². The molecule has 0 aliphatic rings. The number of rotatable bonds is 10. The molecule has 1 unspecified atom stereocenters. The van der Waals surface area contributed by atoms with Crippen LogP contribution in [0.25, 0.3) is 11.1 Å². The summed E-state index contributed by atoms with van der Waals surface area (Å²) in [5.41, 5.74) is 3.52. The summed E-state index contributed by atoms with van der Waals surface area (Å²) in [4.78, 5) is 9.69. The molecule has 0 aliphatic heterocycles. The summed E-state index contributed by atoms with van der Waals surface area (Å²) < 4.78 is 30.8. The summed E-state index contributed by atoms with van der Waals surface area (Å²) >= 11 is 0. The molecule has 4 rings (SSSR count). The predicted molar refractivity (Wildman–Crippen MR) is 144 cm³/mol. The molecule has 0 saturated heterocycles. The second-order valence-corrected chi connectivity index (χ2v) is 10.3. The van der Waals surface area contributed by atoms with Crippen molar-refractivity contribution < 1.29 is 13.7 Å². The van der Waals surface area contributed by atoms with Gasteiger partial charge in [-0.25, -0.2) is 14.0 Å². The topological polar surface area (TPSA) is 109 Å². The lowest BCUT2D eigenvalue weighted by molar-refractivity contribution is 0.340. The molecular weight excluding hydrogens is 474 g/mol. The Balaban J connectivity index is 1.64. The molecule has 0 spiro atoms. The van der Waals surface area contributed by atoms with E-state index < -0.39 is 9.73 Å². The van der Waals surface area contributed by atoms with Crippen LogP contribution in [0.2, 0.25) is 0 Å². The van der Waals surface area contributed by atoms with E-state index in [4.69, 9.17) is 19.2 Å². The van der Waals surface area contributed by atoms with E-state index in [1.54, 1.807) is 31.5 Å². The van der Waals surface area contributed by atoms with Gasteiger partial charge in [-0.3, -0.25) is 0 Å². The third-order valence-electron chi connectivity index (χ3n) is 5.42. The van der Waals surface area contributed by atoms with Crippen molar-refractivity contribution in [2.45, 2.75) is 18.4 Å². The maximum Gasteiger partial charge on any atom is 0.229 e. The third-order valence-corrected chi connectivity index (χ3v) is 6.58. The van der Waals surface area contributed by atoms with Crippen molar-refractivity contribution in [3.63, 3.8) is 0 Å². The first kappa shape index (κ1) is 25.0. The van der Waals surface area contributed by atoms with Crippen molar-refractivity contribution in [2.75, 3.05) is 30.6 Å². The van der Waals surface area contributed by atoms with Gasteiger partial charge in [0.25, 0.3) is 0 Å². The lowest BCUT2D eigenvalue weighted by Gasteiger charge is -2.14. The minimum absolute atomic E-state index is 0.381. The standard InChI is InChI=1S/C27H29N5O3S/c1-4-35-23-14-10-20(11-15-23)25-18-30-27(31-21-6-5-7-24(16-21)36(3,28)33)32-26(25)29-17-19-8-12-22(34-2)13-9-19/h5-16,18,28H,4,17H2,1-3H3,(H2,29,30,31,32). The summed E-state index contributed by atoms with van der Waals surface area (Å²) in [6.07, 6.45) is 3.16. The number of ether oxygens (including phenoxy) is 2. The number of methoxy groups -OCH3 is 1. The van der Waals surface area contributed by atoms with Gasteiger partial charge in [-0.2, -0.15) is 4.98 Å². The number of benzene rings is 3. The molecule has 0 aliphatic carbocycles. The van der Waals surface area contributed by atoms with Crippen molar-refractivity contribution in [3.8, 4) is 22.6 Å². The Bertz CT molecular complexity index is 1420. The van der Waals surface area contributed by atoms with Crippen molar-refractivity contribution in [1.82, 2.24) is 9.97 Å². The number of nitrogens with one attached hydrogen (secondary N) is 3. The van der Waals surface area contributed by atoms with Gasteiger partial charge in [-0.15, -0.1) is 0 Å². The first-order chi connectivity index (χ1) is 17.4. The Morgan fingerprint density at radius 2 is 1.72 bits per heavy atom. The zero-order valence-electron chi connectivity index (χ0n) is 20.4. The minimum atomic E-state index is -2.83. The highest BCUT2D eigenvalue weighted by molar-refractivity contribution is 7.91. The van der Waals surface area contributed by atoms with Gasteiger partial charge in [-0.1, -0.05) is 30.3 Å². The molecule has 0 radical (unpaired) electrons. The fraction of sp³-hybridized carbons (Fsp3) is 0.185. The van der Waals surface area contributed by atoms with Crippen molar-refractivity contribution >= 4 is 27.2 Å². The maximum absolute atomic E-state index is 12.2. The molecule has 0 saturated carbocycles. The number of hydrogen-bond acceptors (Lipinski definition) is 8. The maximum atomic E-state index is 12.2. The molecule has 0 amide bonds. The highest BCUT2D eigenvalue weighted by atomic mass is 32.2. The number of nitrogens with zero attached hydrogens (tertiary/aromatic N) is 2. The van der Waals surface area contributed by atoms with E-state index in [-0.39, 0.29) is 0 Å². The van der Waals surface area contributed by atoms with Crippen LogP contribution in [0.1, 0.15) is 12.5 Å². The number of aromatic nitrogens is 2. The summed E-state index contributed by atoms with van der Waals surface area (Å²) in [7, 11) is -1.19. The molecule has 4 aromatic rings. The van der Waals surface area contributed by atoms with Gasteiger partial charge in [0.05, 0.1) is 23.4 Å². The van der Waals surface area contributed by atoms with E-state index in [0.29, 0.717) is 35.5 Å². The van der Waals surface area contributed by atoms with Gasteiger partial charge in [0.15, 0.2) is 0 Å². The Labute approximate surface area is 211 Å². The van der Waals surface area contributed by atoms with Crippen LogP contribution in [0.3, 0.4) is 0 Å². The molecule has 186 valence electrons. The van der Waals surface area contributed by atoms with Crippen LogP contribution in [-0.2, 0) is 16.3 Å². The zero-order valence-corrected chi connectivity index (χ0v) is 21.3. The van der Waals surface area contributed by atoms with Crippen molar-refractivity contribution in [1.29, 1.82) is 4.78 Å². The normalized spacial score (nSPS) is 12.4. The lowest BCUT2D eigenvalue weighted by atomic mass is 10.1. The van der Waals surface area contributed by atoms with Crippen LogP contribution in [0.15, 0.2) is 83.9 Å². The average Bonchev–Trinajstić information content (AvgIpc) is 2.88. The van der Waals surface area contributed by atoms with E-state index in [1.807, 2.05) is 61.5 Å². The van der Waals surface area contributed by atoms with Crippen molar-refractivity contribution in [2.24, 2.45) is 0 Å². The molecule has 1 atom stereocenters. The Morgan fingerprint density at radius 3 is 2.39 bits per heavy atom. The van der Waals surface area contributed by atoms with Crippen LogP contribution in [0, 0.1) is 4.78 Å². The zero-order chi connectivity index (χ0) is 25.5. The molecule has 0 bridgehead atoms. The smallest absolute Gasteiger partial charge is 0.229 e. The highest BCUT2D eigenvalue weighted by Gasteiger charge is 2.12. The summed E-state index contributed by atoms with van der Waals surface area (Å²) in [6, 6.07) is 22.6. The van der Waals surface area contributed by atoms with Crippen LogP contribution in [-0.4, -0.2) is 34.1 Å².